The van der Waals surface area contributed by atoms with E-state index in [4.69, 9.17) is 25.6 Å². The van der Waals surface area contributed by atoms with Gasteiger partial charge in [0.15, 0.2) is 0 Å². The summed E-state index contributed by atoms with van der Waals surface area (Å²) in [6, 6.07) is 0. The van der Waals surface area contributed by atoms with Crippen LogP contribution in [0.3, 0.4) is 0 Å². The molecule has 1 atom stereocenters. The van der Waals surface area contributed by atoms with Crippen molar-refractivity contribution in [1.29, 1.82) is 0 Å². The summed E-state index contributed by atoms with van der Waals surface area (Å²) >= 11 is 5.48. The average molecular weight is 273 g/mol. The quantitative estimate of drug-likeness (QED) is 0.376. The summed E-state index contributed by atoms with van der Waals surface area (Å²) in [5.74, 6) is -1.23. The van der Waals surface area contributed by atoms with E-state index < -0.39 is 20.8 Å². The van der Waals surface area contributed by atoms with Gasteiger partial charge < -0.3 is 14.6 Å². The zero-order valence-corrected chi connectivity index (χ0v) is 11.2. The highest BCUT2D eigenvalue weighted by molar-refractivity contribution is 7.17. The summed E-state index contributed by atoms with van der Waals surface area (Å²) in [5, 5.41) is 9.35. The van der Waals surface area contributed by atoms with E-state index in [1.807, 2.05) is 0 Å². The zero-order chi connectivity index (χ0) is 12.4. The lowest BCUT2D eigenvalue weighted by Crippen LogP contribution is -2.38. The molecule has 0 spiro atoms. The van der Waals surface area contributed by atoms with Gasteiger partial charge in [-0.25, -0.2) is 9.09 Å². The Bertz CT molecular complexity index is 187. The van der Waals surface area contributed by atoms with E-state index in [9.17, 15) is 9.67 Å². The van der Waals surface area contributed by atoms with Gasteiger partial charge in [0.25, 0.3) is 5.97 Å². The molecule has 1 N–H and O–H groups in total. The van der Waals surface area contributed by atoms with E-state index in [2.05, 4.69) is 0 Å². The minimum atomic E-state index is -1.36. The standard InChI is InChI=1S/C9H18ClO5P/c1-3-13-9(14-4-2,15-16-12)6-5-8(11)7-10/h8,11H,3-7H2,1-2H3/t8-/m1/s1. The SMILES string of the molecule is CCOC(CC[C@@H](O)CCl)(OCC)OP=O. The molecule has 0 fully saturated rings. The maximum Gasteiger partial charge on any atom is 0.332 e. The van der Waals surface area contributed by atoms with Gasteiger partial charge in [-0.3, -0.25) is 0 Å². The van der Waals surface area contributed by atoms with Crippen LogP contribution in [0.1, 0.15) is 26.7 Å². The Morgan fingerprint density at radius 2 is 1.94 bits per heavy atom. The lowest BCUT2D eigenvalue weighted by atomic mass is 10.2. The van der Waals surface area contributed by atoms with Crippen molar-refractivity contribution >= 4 is 20.3 Å². The first-order chi connectivity index (χ1) is 7.64. The zero-order valence-electron chi connectivity index (χ0n) is 9.52. The maximum absolute atomic E-state index is 10.5. The summed E-state index contributed by atoms with van der Waals surface area (Å²) < 4.78 is 26.0. The smallest absolute Gasteiger partial charge is 0.332 e. The summed E-state index contributed by atoms with van der Waals surface area (Å²) in [7, 11) is -0.524. The van der Waals surface area contributed by atoms with Crippen LogP contribution in [0.2, 0.25) is 0 Å². The lowest BCUT2D eigenvalue weighted by molar-refractivity contribution is -0.342. The van der Waals surface area contributed by atoms with Gasteiger partial charge in [0.1, 0.15) is 0 Å². The minimum absolute atomic E-state index is 0.128. The van der Waals surface area contributed by atoms with Crippen molar-refractivity contribution in [3.8, 4) is 0 Å². The Hall–Kier alpha value is 0.230. The van der Waals surface area contributed by atoms with Crippen molar-refractivity contribution in [2.24, 2.45) is 0 Å². The highest BCUT2D eigenvalue weighted by Gasteiger charge is 2.34. The lowest BCUT2D eigenvalue weighted by Gasteiger charge is -2.30. The molecule has 0 rings (SSSR count). The molecule has 0 aliphatic heterocycles. The first-order valence-corrected chi connectivity index (χ1v) is 6.43. The van der Waals surface area contributed by atoms with Crippen molar-refractivity contribution < 1.29 is 23.7 Å². The van der Waals surface area contributed by atoms with Gasteiger partial charge in [-0.1, -0.05) is 0 Å². The molecular formula is C9H18ClO5P. The molecular weight excluding hydrogens is 255 g/mol. The molecule has 0 aromatic carbocycles. The van der Waals surface area contributed by atoms with E-state index >= 15 is 0 Å². The molecule has 0 aromatic rings. The van der Waals surface area contributed by atoms with Crippen molar-refractivity contribution in [3.63, 3.8) is 0 Å². The fourth-order valence-corrected chi connectivity index (χ4v) is 1.67. The molecule has 0 saturated heterocycles. The van der Waals surface area contributed by atoms with Gasteiger partial charge in [0.05, 0.1) is 6.10 Å². The topological polar surface area (TPSA) is 65.0 Å². The predicted octanol–water partition coefficient (Wildman–Crippen LogP) is 2.32. The van der Waals surface area contributed by atoms with Crippen LogP contribution in [0.25, 0.3) is 0 Å². The van der Waals surface area contributed by atoms with Gasteiger partial charge in [-0.15, -0.1) is 11.6 Å². The third-order valence-corrected chi connectivity index (χ3v) is 2.58. The van der Waals surface area contributed by atoms with Crippen molar-refractivity contribution in [3.05, 3.63) is 0 Å². The Balaban J connectivity index is 4.39. The van der Waals surface area contributed by atoms with Gasteiger partial charge in [0.2, 0.25) is 0 Å². The Morgan fingerprint density at radius 3 is 2.31 bits per heavy atom. The third kappa shape index (κ3) is 6.09. The number of ether oxygens (including phenoxy) is 2. The fourth-order valence-electron chi connectivity index (χ4n) is 1.20. The number of aliphatic hydroxyl groups is 1. The fraction of sp³-hybridized carbons (Fsp3) is 1.00. The first kappa shape index (κ1) is 16.2. The third-order valence-electron chi connectivity index (χ3n) is 1.87. The number of hydrogen-bond acceptors (Lipinski definition) is 5. The second kappa shape index (κ2) is 9.28. The van der Waals surface area contributed by atoms with Crippen molar-refractivity contribution in [2.45, 2.75) is 38.8 Å². The van der Waals surface area contributed by atoms with Crippen LogP contribution >= 0.6 is 20.3 Å². The van der Waals surface area contributed by atoms with Gasteiger partial charge in [-0.05, 0) is 20.3 Å². The number of hydrogen-bond donors (Lipinski definition) is 1. The highest BCUT2D eigenvalue weighted by atomic mass is 35.5. The molecule has 0 aliphatic carbocycles. The molecule has 0 saturated carbocycles. The largest absolute Gasteiger partial charge is 0.392 e. The molecule has 0 unspecified atom stereocenters. The Labute approximate surface area is 102 Å². The van der Waals surface area contributed by atoms with Crippen LogP contribution in [0.4, 0.5) is 0 Å². The van der Waals surface area contributed by atoms with Crippen LogP contribution in [0, 0.1) is 0 Å². The van der Waals surface area contributed by atoms with E-state index in [0.29, 0.717) is 19.6 Å². The Morgan fingerprint density at radius 1 is 1.38 bits per heavy atom. The minimum Gasteiger partial charge on any atom is -0.392 e. The second-order valence-corrected chi connectivity index (χ2v) is 3.70. The number of rotatable bonds is 10. The second-order valence-electron chi connectivity index (χ2n) is 3.06. The summed E-state index contributed by atoms with van der Waals surface area (Å²) in [6.45, 7) is 4.26. The maximum atomic E-state index is 10.5. The van der Waals surface area contributed by atoms with Crippen LogP contribution in [0.15, 0.2) is 0 Å². The van der Waals surface area contributed by atoms with E-state index in [1.165, 1.54) is 0 Å². The molecule has 0 amide bonds. The molecule has 5 nitrogen and oxygen atoms in total. The van der Waals surface area contributed by atoms with Crippen LogP contribution < -0.4 is 0 Å². The van der Waals surface area contributed by atoms with E-state index in [1.54, 1.807) is 13.8 Å². The molecule has 0 heterocycles. The van der Waals surface area contributed by atoms with Gasteiger partial charge >= 0.3 is 8.69 Å². The number of aliphatic hydroxyl groups excluding tert-OH is 1. The molecule has 7 heteroatoms. The summed E-state index contributed by atoms with van der Waals surface area (Å²) in [5.41, 5.74) is 0. The highest BCUT2D eigenvalue weighted by Crippen LogP contribution is 2.27. The van der Waals surface area contributed by atoms with Crippen LogP contribution in [-0.4, -0.2) is 36.3 Å². The Kier molecular flexibility index (Phi) is 9.41. The summed E-state index contributed by atoms with van der Waals surface area (Å²) in [6.07, 6.45) is -0.0505. The van der Waals surface area contributed by atoms with Crippen LogP contribution in [-0.2, 0) is 18.6 Å². The van der Waals surface area contributed by atoms with Gasteiger partial charge in [0, 0.05) is 25.5 Å². The molecule has 16 heavy (non-hydrogen) atoms. The normalized spacial score (nSPS) is 14.2. The van der Waals surface area contributed by atoms with E-state index in [-0.39, 0.29) is 12.3 Å². The molecule has 0 radical (unpaired) electrons. The van der Waals surface area contributed by atoms with Crippen molar-refractivity contribution in [1.82, 2.24) is 0 Å². The van der Waals surface area contributed by atoms with Crippen LogP contribution in [0.5, 0.6) is 0 Å². The predicted molar refractivity (Wildman–Crippen MR) is 60.6 cm³/mol. The average Bonchev–Trinajstić information content (AvgIpc) is 2.27. The molecule has 0 aliphatic rings. The first-order valence-electron chi connectivity index (χ1n) is 5.16. The summed E-state index contributed by atoms with van der Waals surface area (Å²) in [4.78, 5) is 0. The van der Waals surface area contributed by atoms with Gasteiger partial charge in [-0.2, -0.15) is 0 Å². The monoisotopic (exact) mass is 272 g/mol. The number of alkyl halides is 1. The van der Waals surface area contributed by atoms with Crippen molar-refractivity contribution in [2.75, 3.05) is 19.1 Å². The number of halogens is 1. The van der Waals surface area contributed by atoms with E-state index in [0.717, 1.165) is 0 Å². The molecule has 96 valence electrons. The molecule has 0 aromatic heterocycles. The molecule has 0 bridgehead atoms.